The van der Waals surface area contributed by atoms with Crippen LogP contribution in [-0.2, 0) is 11.3 Å². The van der Waals surface area contributed by atoms with Crippen LogP contribution in [0.25, 0.3) is 0 Å². The molecule has 3 nitrogen and oxygen atoms in total. The molecule has 0 N–H and O–H groups in total. The van der Waals surface area contributed by atoms with Crippen molar-refractivity contribution in [3.8, 4) is 0 Å². The standard InChI is InChI=1S/C12H18N2OSi/c1-11(15)9-13-14(16(2)3)10-12-7-5-4-6-8-12/h4-9,16H,10H2,1-3H3. The third-order valence-corrected chi connectivity index (χ3v) is 3.68. The maximum Gasteiger partial charge on any atom is 0.172 e. The molecule has 0 aromatic heterocycles. The SMILES string of the molecule is CC(=O)C=NN(Cc1ccccc1)[SiH](C)C. The Labute approximate surface area is 98.5 Å². The van der Waals surface area contributed by atoms with E-state index in [0.29, 0.717) is 0 Å². The van der Waals surface area contributed by atoms with Crippen molar-refractivity contribution in [3.05, 3.63) is 35.9 Å². The van der Waals surface area contributed by atoms with Crippen LogP contribution >= 0.6 is 0 Å². The molecule has 0 heterocycles. The summed E-state index contributed by atoms with van der Waals surface area (Å²) in [6.45, 7) is 6.70. The Morgan fingerprint density at radius 2 is 2.00 bits per heavy atom. The van der Waals surface area contributed by atoms with E-state index in [0.717, 1.165) is 6.54 Å². The molecule has 0 atom stereocenters. The van der Waals surface area contributed by atoms with E-state index in [1.807, 2.05) is 22.9 Å². The summed E-state index contributed by atoms with van der Waals surface area (Å²) in [5.41, 5.74) is 1.23. The van der Waals surface area contributed by atoms with Gasteiger partial charge in [0.2, 0.25) is 0 Å². The van der Waals surface area contributed by atoms with Gasteiger partial charge in [-0.15, -0.1) is 0 Å². The molecule has 16 heavy (non-hydrogen) atoms. The lowest BCUT2D eigenvalue weighted by Crippen LogP contribution is -2.29. The van der Waals surface area contributed by atoms with Gasteiger partial charge in [-0.05, 0) is 5.56 Å². The molecule has 0 radical (unpaired) electrons. The monoisotopic (exact) mass is 234 g/mol. The van der Waals surface area contributed by atoms with Crippen LogP contribution in [0, 0.1) is 0 Å². The number of ketones is 1. The highest BCUT2D eigenvalue weighted by Crippen LogP contribution is 2.06. The first-order chi connectivity index (χ1) is 7.59. The number of rotatable bonds is 5. The second-order valence-corrected chi connectivity index (χ2v) is 6.82. The van der Waals surface area contributed by atoms with E-state index < -0.39 is 8.96 Å². The number of hydrazone groups is 1. The van der Waals surface area contributed by atoms with Crippen molar-refractivity contribution in [2.45, 2.75) is 26.6 Å². The van der Waals surface area contributed by atoms with Crippen molar-refractivity contribution in [1.29, 1.82) is 0 Å². The highest BCUT2D eigenvalue weighted by atomic mass is 28.3. The van der Waals surface area contributed by atoms with Crippen molar-refractivity contribution in [2.24, 2.45) is 5.10 Å². The van der Waals surface area contributed by atoms with Crippen molar-refractivity contribution in [3.63, 3.8) is 0 Å². The molecule has 0 amide bonds. The zero-order valence-corrected chi connectivity index (χ0v) is 11.2. The minimum absolute atomic E-state index is 0.00675. The first-order valence-corrected chi connectivity index (χ1v) is 8.27. The molecular weight excluding hydrogens is 216 g/mol. The van der Waals surface area contributed by atoms with Gasteiger partial charge in [0, 0.05) is 6.92 Å². The summed E-state index contributed by atoms with van der Waals surface area (Å²) in [7, 11) is -1.03. The smallest absolute Gasteiger partial charge is 0.172 e. The highest BCUT2D eigenvalue weighted by molar-refractivity contribution is 6.52. The summed E-state index contributed by atoms with van der Waals surface area (Å²) in [6, 6.07) is 10.2. The molecular formula is C12H18N2OSi. The molecule has 0 aliphatic rings. The number of benzene rings is 1. The van der Waals surface area contributed by atoms with Gasteiger partial charge in [0.15, 0.2) is 14.7 Å². The number of carbonyl (C=O) groups excluding carboxylic acids is 1. The van der Waals surface area contributed by atoms with Gasteiger partial charge < -0.3 is 4.67 Å². The third kappa shape index (κ3) is 4.40. The number of nitrogens with zero attached hydrogens (tertiary/aromatic N) is 2. The van der Waals surface area contributed by atoms with E-state index >= 15 is 0 Å². The molecule has 0 bridgehead atoms. The summed E-state index contributed by atoms with van der Waals surface area (Å²) in [4.78, 5) is 10.9. The van der Waals surface area contributed by atoms with Crippen molar-refractivity contribution >= 4 is 21.0 Å². The molecule has 0 saturated heterocycles. The molecule has 4 heteroatoms. The van der Waals surface area contributed by atoms with Crippen LogP contribution in [0.2, 0.25) is 13.1 Å². The van der Waals surface area contributed by atoms with Gasteiger partial charge in [0.05, 0.1) is 12.8 Å². The Hall–Kier alpha value is -1.42. The Bertz CT molecular complexity index is 363. The maximum absolute atomic E-state index is 10.9. The quantitative estimate of drug-likeness (QED) is 0.444. The van der Waals surface area contributed by atoms with Crippen LogP contribution < -0.4 is 0 Å². The lowest BCUT2D eigenvalue weighted by atomic mass is 10.2. The van der Waals surface area contributed by atoms with Gasteiger partial charge in [0.1, 0.15) is 0 Å². The topological polar surface area (TPSA) is 32.7 Å². The lowest BCUT2D eigenvalue weighted by Gasteiger charge is -2.22. The number of Topliss-reactive ketones (excluding diaryl/α,β-unsaturated/α-hetero) is 1. The van der Waals surface area contributed by atoms with Crippen molar-refractivity contribution < 1.29 is 4.79 Å². The summed E-state index contributed by atoms with van der Waals surface area (Å²) in [5, 5.41) is 4.24. The van der Waals surface area contributed by atoms with Gasteiger partial charge in [-0.25, -0.2) is 0 Å². The number of carbonyl (C=O) groups is 1. The zero-order chi connectivity index (χ0) is 12.0. The van der Waals surface area contributed by atoms with Crippen LogP contribution in [0.4, 0.5) is 0 Å². The molecule has 1 rings (SSSR count). The second kappa shape index (κ2) is 6.22. The van der Waals surface area contributed by atoms with Crippen molar-refractivity contribution in [1.82, 2.24) is 4.67 Å². The van der Waals surface area contributed by atoms with Crippen LogP contribution in [0.5, 0.6) is 0 Å². The van der Waals surface area contributed by atoms with Gasteiger partial charge in [-0.2, -0.15) is 5.10 Å². The predicted molar refractivity (Wildman–Crippen MR) is 70.0 cm³/mol. The first-order valence-electron chi connectivity index (χ1n) is 5.44. The Balaban J connectivity index is 2.69. The molecule has 0 spiro atoms. The number of hydrogen-bond acceptors (Lipinski definition) is 3. The fraction of sp³-hybridized carbons (Fsp3) is 0.333. The van der Waals surface area contributed by atoms with E-state index in [9.17, 15) is 4.79 Å². The van der Waals surface area contributed by atoms with Crippen LogP contribution in [0.1, 0.15) is 12.5 Å². The molecule has 0 saturated carbocycles. The summed E-state index contributed by atoms with van der Waals surface area (Å²) >= 11 is 0. The molecule has 0 aliphatic carbocycles. The summed E-state index contributed by atoms with van der Waals surface area (Å²) < 4.78 is 2.04. The van der Waals surface area contributed by atoms with Gasteiger partial charge in [-0.3, -0.25) is 4.79 Å². The fourth-order valence-corrected chi connectivity index (χ4v) is 2.19. The van der Waals surface area contributed by atoms with E-state index in [1.54, 1.807) is 0 Å². The largest absolute Gasteiger partial charge is 0.324 e. The maximum atomic E-state index is 10.9. The molecule has 0 fully saturated rings. The zero-order valence-electron chi connectivity index (χ0n) is 10.1. The third-order valence-electron chi connectivity index (χ3n) is 2.17. The van der Waals surface area contributed by atoms with E-state index in [4.69, 9.17) is 0 Å². The van der Waals surface area contributed by atoms with Crippen LogP contribution in [0.3, 0.4) is 0 Å². The fourth-order valence-electron chi connectivity index (χ4n) is 1.28. The Morgan fingerprint density at radius 3 is 2.50 bits per heavy atom. The van der Waals surface area contributed by atoms with Crippen LogP contribution in [-0.4, -0.2) is 25.6 Å². The Kier molecular flexibility index (Phi) is 4.92. The molecule has 86 valence electrons. The summed E-state index contributed by atoms with van der Waals surface area (Å²) in [5.74, 6) is -0.00675. The van der Waals surface area contributed by atoms with E-state index in [-0.39, 0.29) is 5.78 Å². The first kappa shape index (κ1) is 12.6. The average Bonchev–Trinajstić information content (AvgIpc) is 2.25. The average molecular weight is 234 g/mol. The highest BCUT2D eigenvalue weighted by Gasteiger charge is 2.07. The normalized spacial score (nSPS) is 11.0. The summed E-state index contributed by atoms with van der Waals surface area (Å²) in [6.07, 6.45) is 1.40. The molecule has 0 unspecified atom stereocenters. The lowest BCUT2D eigenvalue weighted by molar-refractivity contribution is -0.110. The van der Waals surface area contributed by atoms with Crippen molar-refractivity contribution in [2.75, 3.05) is 0 Å². The van der Waals surface area contributed by atoms with E-state index in [1.165, 1.54) is 18.7 Å². The molecule has 1 aromatic rings. The van der Waals surface area contributed by atoms with Gasteiger partial charge >= 0.3 is 0 Å². The predicted octanol–water partition coefficient (Wildman–Crippen LogP) is 2.05. The second-order valence-electron chi connectivity index (χ2n) is 4.03. The minimum Gasteiger partial charge on any atom is -0.324 e. The molecule has 0 aliphatic heterocycles. The van der Waals surface area contributed by atoms with Gasteiger partial charge in [-0.1, -0.05) is 43.4 Å². The van der Waals surface area contributed by atoms with Gasteiger partial charge in [0.25, 0.3) is 0 Å². The van der Waals surface area contributed by atoms with Crippen LogP contribution in [0.15, 0.2) is 35.4 Å². The van der Waals surface area contributed by atoms with E-state index in [2.05, 4.69) is 30.3 Å². The molecule has 1 aromatic carbocycles. The Morgan fingerprint density at radius 1 is 1.38 bits per heavy atom. The minimum atomic E-state index is -1.03. The number of hydrogen-bond donors (Lipinski definition) is 0.